The molecule has 1 aliphatic heterocycles. The summed E-state index contributed by atoms with van der Waals surface area (Å²) in [5.41, 5.74) is 9.63. The van der Waals surface area contributed by atoms with Gasteiger partial charge in [0.25, 0.3) is 0 Å². The fraction of sp³-hybridized carbons (Fsp3) is 0.462. The first-order valence-corrected chi connectivity index (χ1v) is 5.89. The van der Waals surface area contributed by atoms with Gasteiger partial charge in [-0.05, 0) is 42.5 Å². The highest BCUT2D eigenvalue weighted by molar-refractivity contribution is 5.77. The summed E-state index contributed by atoms with van der Waals surface area (Å²) in [4.78, 5) is 11.3. The Morgan fingerprint density at radius 2 is 2.19 bits per heavy atom. The van der Waals surface area contributed by atoms with Crippen molar-refractivity contribution >= 4 is 5.91 Å². The summed E-state index contributed by atoms with van der Waals surface area (Å²) >= 11 is 0. The van der Waals surface area contributed by atoms with E-state index in [4.69, 9.17) is 5.73 Å². The molecule has 1 aliphatic carbocycles. The monoisotopic (exact) mass is 216 g/mol. The molecule has 3 nitrogen and oxygen atoms in total. The number of hydrogen-bond acceptors (Lipinski definition) is 2. The number of nitrogens with one attached hydrogen (secondary N) is 1. The number of benzene rings is 1. The third-order valence-corrected chi connectivity index (χ3v) is 3.81. The molecular weight excluding hydrogens is 200 g/mol. The lowest BCUT2D eigenvalue weighted by molar-refractivity contribution is -0.122. The van der Waals surface area contributed by atoms with Crippen molar-refractivity contribution in [3.63, 3.8) is 0 Å². The first-order valence-electron chi connectivity index (χ1n) is 5.89. The van der Waals surface area contributed by atoms with Crippen LogP contribution in [0.1, 0.15) is 29.2 Å². The maximum Gasteiger partial charge on any atom is 0.220 e. The van der Waals surface area contributed by atoms with Crippen molar-refractivity contribution in [1.29, 1.82) is 0 Å². The Hall–Kier alpha value is -1.35. The van der Waals surface area contributed by atoms with Crippen LogP contribution in [-0.4, -0.2) is 12.5 Å². The average Bonchev–Trinajstić information content (AvgIpc) is 2.29. The molecule has 0 spiro atoms. The van der Waals surface area contributed by atoms with Crippen LogP contribution in [0.4, 0.5) is 0 Å². The van der Waals surface area contributed by atoms with E-state index in [1.54, 1.807) is 0 Å². The van der Waals surface area contributed by atoms with Gasteiger partial charge in [0.05, 0.1) is 0 Å². The minimum atomic E-state index is -0.163. The second kappa shape index (κ2) is 3.59. The number of carbonyl (C=O) groups excluding carboxylic acids is 1. The Balaban J connectivity index is 2.05. The Bertz CT molecular complexity index is 442. The molecular formula is C13H16N2O. The summed E-state index contributed by atoms with van der Waals surface area (Å²) in [6.45, 7) is 1.01. The van der Waals surface area contributed by atoms with Crippen LogP contribution in [0.25, 0.3) is 0 Å². The number of amides is 1. The van der Waals surface area contributed by atoms with Crippen molar-refractivity contribution in [1.82, 2.24) is 5.32 Å². The maximum absolute atomic E-state index is 11.3. The van der Waals surface area contributed by atoms with Gasteiger partial charge in [-0.3, -0.25) is 4.79 Å². The lowest BCUT2D eigenvalue weighted by Gasteiger charge is -2.35. The van der Waals surface area contributed by atoms with Gasteiger partial charge in [-0.15, -0.1) is 0 Å². The van der Waals surface area contributed by atoms with E-state index in [0.29, 0.717) is 6.04 Å². The van der Waals surface area contributed by atoms with Gasteiger partial charge in [-0.25, -0.2) is 0 Å². The fourth-order valence-electron chi connectivity index (χ4n) is 3.04. The third kappa shape index (κ3) is 1.43. The molecule has 3 N–H and O–H groups in total. The second-order valence-electron chi connectivity index (χ2n) is 4.79. The van der Waals surface area contributed by atoms with E-state index >= 15 is 0 Å². The van der Waals surface area contributed by atoms with Gasteiger partial charge in [0.2, 0.25) is 5.91 Å². The van der Waals surface area contributed by atoms with Gasteiger partial charge < -0.3 is 11.1 Å². The first kappa shape index (κ1) is 9.85. The molecule has 2 aliphatic rings. The molecule has 0 saturated heterocycles. The molecule has 16 heavy (non-hydrogen) atoms. The van der Waals surface area contributed by atoms with E-state index in [1.807, 2.05) is 0 Å². The summed E-state index contributed by atoms with van der Waals surface area (Å²) in [6.07, 6.45) is 2.77. The molecule has 0 bridgehead atoms. The van der Waals surface area contributed by atoms with Crippen LogP contribution in [0.2, 0.25) is 0 Å². The van der Waals surface area contributed by atoms with Crippen molar-refractivity contribution in [2.24, 2.45) is 11.7 Å². The van der Waals surface area contributed by atoms with Gasteiger partial charge in [-0.2, -0.15) is 0 Å². The Kier molecular flexibility index (Phi) is 2.21. The predicted molar refractivity (Wildman–Crippen MR) is 61.9 cm³/mol. The van der Waals surface area contributed by atoms with Crippen LogP contribution >= 0.6 is 0 Å². The predicted octanol–water partition coefficient (Wildman–Crippen LogP) is 0.921. The van der Waals surface area contributed by atoms with Gasteiger partial charge in [0.1, 0.15) is 0 Å². The molecule has 0 aromatic heterocycles. The lowest BCUT2D eigenvalue weighted by atomic mass is 9.76. The quantitative estimate of drug-likeness (QED) is 0.733. The third-order valence-electron chi connectivity index (χ3n) is 3.81. The normalized spacial score (nSPS) is 27.2. The maximum atomic E-state index is 11.3. The van der Waals surface area contributed by atoms with E-state index in [-0.39, 0.29) is 11.8 Å². The van der Waals surface area contributed by atoms with Crippen LogP contribution in [0, 0.1) is 5.92 Å². The summed E-state index contributed by atoms with van der Waals surface area (Å²) < 4.78 is 0. The molecule has 1 heterocycles. The van der Waals surface area contributed by atoms with E-state index in [9.17, 15) is 4.79 Å². The van der Waals surface area contributed by atoms with Gasteiger partial charge in [0, 0.05) is 12.0 Å². The summed E-state index contributed by atoms with van der Waals surface area (Å²) in [7, 11) is 0. The van der Waals surface area contributed by atoms with Crippen molar-refractivity contribution in [3.8, 4) is 0 Å². The zero-order valence-corrected chi connectivity index (χ0v) is 9.20. The smallest absolute Gasteiger partial charge is 0.220 e. The lowest BCUT2D eigenvalue weighted by Crippen LogP contribution is -2.39. The molecule has 2 atom stereocenters. The highest BCUT2D eigenvalue weighted by Gasteiger charge is 2.32. The highest BCUT2D eigenvalue weighted by atomic mass is 16.1. The Morgan fingerprint density at radius 3 is 3.00 bits per heavy atom. The highest BCUT2D eigenvalue weighted by Crippen LogP contribution is 2.37. The summed E-state index contributed by atoms with van der Waals surface area (Å²) in [5.74, 6) is -0.165. The van der Waals surface area contributed by atoms with Crippen molar-refractivity contribution in [2.45, 2.75) is 25.3 Å². The van der Waals surface area contributed by atoms with Crippen molar-refractivity contribution in [3.05, 3.63) is 34.9 Å². The van der Waals surface area contributed by atoms with Gasteiger partial charge in [-0.1, -0.05) is 18.2 Å². The molecule has 1 aromatic carbocycles. The zero-order valence-electron chi connectivity index (χ0n) is 9.20. The minimum absolute atomic E-state index is 0.00153. The number of carbonyl (C=O) groups is 1. The molecule has 0 fully saturated rings. The molecule has 84 valence electrons. The standard InChI is InChI=1S/C13H16N2O/c14-13(16)10-6-9-3-1-2-8-4-5-15-11(7-10)12(8)9/h1-3,10-11,15H,4-7H2,(H2,14,16). The van der Waals surface area contributed by atoms with Crippen LogP contribution in [-0.2, 0) is 17.6 Å². The molecule has 1 aromatic rings. The van der Waals surface area contributed by atoms with E-state index in [1.165, 1.54) is 16.7 Å². The molecule has 3 heteroatoms. The van der Waals surface area contributed by atoms with Crippen LogP contribution < -0.4 is 11.1 Å². The summed E-state index contributed by atoms with van der Waals surface area (Å²) in [6, 6.07) is 6.77. The first-order chi connectivity index (χ1) is 7.75. The largest absolute Gasteiger partial charge is 0.369 e. The average molecular weight is 216 g/mol. The zero-order chi connectivity index (χ0) is 11.1. The molecule has 1 amide bonds. The van der Waals surface area contributed by atoms with Crippen LogP contribution in [0.5, 0.6) is 0 Å². The number of rotatable bonds is 1. The van der Waals surface area contributed by atoms with Crippen molar-refractivity contribution in [2.75, 3.05) is 6.54 Å². The van der Waals surface area contributed by atoms with Gasteiger partial charge >= 0.3 is 0 Å². The van der Waals surface area contributed by atoms with Crippen LogP contribution in [0.3, 0.4) is 0 Å². The molecule has 0 saturated carbocycles. The van der Waals surface area contributed by atoms with E-state index < -0.39 is 0 Å². The SMILES string of the molecule is NC(=O)C1Cc2cccc3c2C(C1)NCC3. The molecule has 2 unspecified atom stereocenters. The number of hydrogen-bond donors (Lipinski definition) is 2. The van der Waals surface area contributed by atoms with Crippen molar-refractivity contribution < 1.29 is 4.79 Å². The van der Waals surface area contributed by atoms with Crippen LogP contribution in [0.15, 0.2) is 18.2 Å². The van der Waals surface area contributed by atoms with Gasteiger partial charge in [0.15, 0.2) is 0 Å². The summed E-state index contributed by atoms with van der Waals surface area (Å²) in [5, 5.41) is 3.49. The Morgan fingerprint density at radius 1 is 1.38 bits per heavy atom. The molecule has 0 radical (unpaired) electrons. The Labute approximate surface area is 95.0 Å². The van der Waals surface area contributed by atoms with E-state index in [0.717, 1.165) is 25.8 Å². The topological polar surface area (TPSA) is 55.1 Å². The number of nitrogens with two attached hydrogens (primary N) is 1. The fourth-order valence-corrected chi connectivity index (χ4v) is 3.04. The second-order valence-corrected chi connectivity index (χ2v) is 4.79. The van der Waals surface area contributed by atoms with E-state index in [2.05, 4.69) is 23.5 Å². The molecule has 3 rings (SSSR count). The minimum Gasteiger partial charge on any atom is -0.369 e. The number of primary amides is 1.